The zero-order valence-corrected chi connectivity index (χ0v) is 21.0. The molecule has 0 radical (unpaired) electrons. The van der Waals surface area contributed by atoms with Crippen LogP contribution in [0.3, 0.4) is 0 Å². The van der Waals surface area contributed by atoms with Gasteiger partial charge in [0.25, 0.3) is 0 Å². The Morgan fingerprint density at radius 3 is 2.34 bits per heavy atom. The number of carbonyl (C=O) groups is 3. The van der Waals surface area contributed by atoms with Crippen molar-refractivity contribution in [1.82, 2.24) is 9.97 Å². The van der Waals surface area contributed by atoms with Crippen molar-refractivity contribution >= 4 is 74.2 Å². The fourth-order valence-electron chi connectivity index (χ4n) is 2.94. The second-order valence-corrected chi connectivity index (χ2v) is 10.3. The van der Waals surface area contributed by atoms with Crippen molar-refractivity contribution in [2.45, 2.75) is 9.37 Å². The second kappa shape index (κ2) is 11.8. The van der Waals surface area contributed by atoms with E-state index in [1.807, 2.05) is 36.4 Å². The Morgan fingerprint density at radius 1 is 0.914 bits per heavy atom. The number of thioether (sulfide) groups is 2. The van der Waals surface area contributed by atoms with Gasteiger partial charge in [-0.15, -0.1) is 11.3 Å². The van der Waals surface area contributed by atoms with Crippen molar-refractivity contribution in [3.05, 3.63) is 72.4 Å². The number of aromatic nitrogens is 2. The highest BCUT2D eigenvalue weighted by Gasteiger charge is 2.11. The summed E-state index contributed by atoms with van der Waals surface area (Å²) < 4.78 is 6.34. The van der Waals surface area contributed by atoms with Crippen molar-refractivity contribution in [3.63, 3.8) is 0 Å². The maximum atomic E-state index is 12.3. The molecule has 35 heavy (non-hydrogen) atoms. The monoisotopic (exact) mass is 524 g/mol. The maximum absolute atomic E-state index is 12.3. The first kappa shape index (κ1) is 24.7. The first-order valence-electron chi connectivity index (χ1n) is 10.4. The molecule has 11 heteroatoms. The molecule has 0 aliphatic heterocycles. The smallest absolute Gasteiger partial charge is 0.337 e. The molecule has 0 saturated heterocycles. The molecule has 178 valence electrons. The number of ether oxygens (including phenoxy) is 1. The van der Waals surface area contributed by atoms with Crippen LogP contribution in [0.15, 0.2) is 76.2 Å². The predicted molar refractivity (Wildman–Crippen MR) is 140 cm³/mol. The Bertz CT molecular complexity index is 1340. The molecule has 0 saturated carbocycles. The van der Waals surface area contributed by atoms with E-state index in [1.54, 1.807) is 30.5 Å². The molecule has 0 atom stereocenters. The first-order valence-corrected chi connectivity index (χ1v) is 13.1. The Kier molecular flexibility index (Phi) is 8.35. The highest BCUT2D eigenvalue weighted by Crippen LogP contribution is 2.31. The molecular formula is C24H20N4O4S3. The minimum atomic E-state index is -0.430. The van der Waals surface area contributed by atoms with Gasteiger partial charge in [0.1, 0.15) is 0 Å². The average Bonchev–Trinajstić information content (AvgIpc) is 3.29. The third-order valence-electron chi connectivity index (χ3n) is 4.56. The number of amides is 2. The lowest BCUT2D eigenvalue weighted by Gasteiger charge is -2.05. The molecule has 0 aliphatic rings. The Balaban J connectivity index is 1.28. The summed E-state index contributed by atoms with van der Waals surface area (Å²) in [6, 6.07) is 17.6. The fraction of sp³-hybridized carbons (Fsp3) is 0.125. The molecule has 0 unspecified atom stereocenters. The zero-order chi connectivity index (χ0) is 24.6. The van der Waals surface area contributed by atoms with Gasteiger partial charge in [-0.2, -0.15) is 0 Å². The number of carbonyl (C=O) groups excluding carboxylic acids is 3. The van der Waals surface area contributed by atoms with Gasteiger partial charge in [0.15, 0.2) is 4.34 Å². The molecule has 4 rings (SSSR count). The van der Waals surface area contributed by atoms with E-state index in [-0.39, 0.29) is 23.3 Å². The average molecular weight is 525 g/mol. The van der Waals surface area contributed by atoms with Gasteiger partial charge in [0, 0.05) is 17.6 Å². The molecule has 2 aromatic heterocycles. The van der Waals surface area contributed by atoms with Gasteiger partial charge in [0.05, 0.1) is 39.4 Å². The molecule has 4 aromatic rings. The van der Waals surface area contributed by atoms with Crippen LogP contribution in [0.2, 0.25) is 0 Å². The lowest BCUT2D eigenvalue weighted by Crippen LogP contribution is -2.14. The van der Waals surface area contributed by atoms with E-state index in [0.29, 0.717) is 16.9 Å². The summed E-state index contributed by atoms with van der Waals surface area (Å²) in [6.07, 6.45) is 1.70. The summed E-state index contributed by atoms with van der Waals surface area (Å²) in [4.78, 5) is 44.8. The quantitative estimate of drug-likeness (QED) is 0.234. The Hall–Kier alpha value is -3.41. The number of fused-ring (bicyclic) bond motifs is 1. The lowest BCUT2D eigenvalue weighted by molar-refractivity contribution is -0.114. The van der Waals surface area contributed by atoms with Crippen molar-refractivity contribution in [1.29, 1.82) is 0 Å². The Morgan fingerprint density at radius 2 is 1.63 bits per heavy atom. The molecule has 8 nitrogen and oxygen atoms in total. The normalized spacial score (nSPS) is 10.7. The number of nitrogens with one attached hydrogen (secondary N) is 2. The minimum Gasteiger partial charge on any atom is -0.465 e. The molecule has 0 spiro atoms. The third kappa shape index (κ3) is 7.04. The molecule has 0 aliphatic carbocycles. The summed E-state index contributed by atoms with van der Waals surface area (Å²) in [5.41, 5.74) is 2.50. The number of thiazole rings is 1. The SMILES string of the molecule is COC(=O)c1ccc(NC(=O)CSc2nc3ccc(NC(=O)CSc4ccccn4)cc3s2)cc1. The van der Waals surface area contributed by atoms with Crippen molar-refractivity contribution in [3.8, 4) is 0 Å². The summed E-state index contributed by atoms with van der Waals surface area (Å²) in [6.45, 7) is 0. The van der Waals surface area contributed by atoms with E-state index < -0.39 is 5.97 Å². The van der Waals surface area contributed by atoms with E-state index >= 15 is 0 Å². The van der Waals surface area contributed by atoms with Crippen LogP contribution < -0.4 is 10.6 Å². The van der Waals surface area contributed by atoms with Crippen LogP contribution in [0.5, 0.6) is 0 Å². The number of hydrogen-bond acceptors (Lipinski definition) is 9. The summed E-state index contributed by atoms with van der Waals surface area (Å²) in [5, 5.41) is 6.49. The summed E-state index contributed by atoms with van der Waals surface area (Å²) in [7, 11) is 1.32. The molecule has 2 amide bonds. The molecule has 2 N–H and O–H groups in total. The minimum absolute atomic E-state index is 0.115. The topological polar surface area (TPSA) is 110 Å². The van der Waals surface area contributed by atoms with Crippen LogP contribution >= 0.6 is 34.9 Å². The number of benzene rings is 2. The predicted octanol–water partition coefficient (Wildman–Crippen LogP) is 4.94. The van der Waals surface area contributed by atoms with E-state index in [9.17, 15) is 14.4 Å². The van der Waals surface area contributed by atoms with Crippen LogP contribution in [-0.2, 0) is 14.3 Å². The molecule has 2 heterocycles. The number of pyridine rings is 1. The van der Waals surface area contributed by atoms with Gasteiger partial charge < -0.3 is 15.4 Å². The molecule has 2 aromatic carbocycles. The second-order valence-electron chi connectivity index (χ2n) is 7.07. The highest BCUT2D eigenvalue weighted by molar-refractivity contribution is 8.01. The van der Waals surface area contributed by atoms with E-state index in [4.69, 9.17) is 0 Å². The first-order chi connectivity index (χ1) is 17.0. The van der Waals surface area contributed by atoms with Gasteiger partial charge in [-0.05, 0) is 54.6 Å². The zero-order valence-electron chi connectivity index (χ0n) is 18.5. The number of nitrogens with zero attached hydrogens (tertiary/aromatic N) is 2. The lowest BCUT2D eigenvalue weighted by atomic mass is 10.2. The van der Waals surface area contributed by atoms with E-state index in [1.165, 1.54) is 42.0 Å². The van der Waals surface area contributed by atoms with Crippen molar-refractivity contribution < 1.29 is 19.1 Å². The third-order valence-corrected chi connectivity index (χ3v) is 7.66. The van der Waals surface area contributed by atoms with Gasteiger partial charge in [-0.25, -0.2) is 14.8 Å². The van der Waals surface area contributed by atoms with Crippen molar-refractivity contribution in [2.24, 2.45) is 0 Å². The maximum Gasteiger partial charge on any atom is 0.337 e. The standard InChI is InChI=1S/C24H20N4O4S3/c1-32-23(31)15-5-7-16(8-6-15)26-21(30)14-34-24-28-18-10-9-17(12-19(18)35-24)27-20(29)13-33-22-4-2-3-11-25-22/h2-12H,13-14H2,1H3,(H,26,30)(H,27,29). The van der Waals surface area contributed by atoms with Crippen LogP contribution in [-0.4, -0.2) is 46.4 Å². The molecule has 0 fully saturated rings. The Labute approximate surface area is 213 Å². The van der Waals surface area contributed by atoms with Crippen LogP contribution in [0, 0.1) is 0 Å². The van der Waals surface area contributed by atoms with Gasteiger partial charge in [-0.1, -0.05) is 29.6 Å². The van der Waals surface area contributed by atoms with Gasteiger partial charge in [-0.3, -0.25) is 9.59 Å². The number of methoxy groups -OCH3 is 1. The van der Waals surface area contributed by atoms with Crippen LogP contribution in [0.25, 0.3) is 10.2 Å². The van der Waals surface area contributed by atoms with Gasteiger partial charge >= 0.3 is 5.97 Å². The molecule has 0 bridgehead atoms. The van der Waals surface area contributed by atoms with E-state index in [0.717, 1.165) is 19.6 Å². The number of anilines is 2. The van der Waals surface area contributed by atoms with Gasteiger partial charge in [0.2, 0.25) is 11.8 Å². The number of hydrogen-bond donors (Lipinski definition) is 2. The summed E-state index contributed by atoms with van der Waals surface area (Å²) >= 11 is 4.17. The largest absolute Gasteiger partial charge is 0.465 e. The van der Waals surface area contributed by atoms with Crippen LogP contribution in [0.1, 0.15) is 10.4 Å². The summed E-state index contributed by atoms with van der Waals surface area (Å²) in [5.74, 6) is -0.277. The molecular weight excluding hydrogens is 504 g/mol. The van der Waals surface area contributed by atoms with E-state index in [2.05, 4.69) is 25.3 Å². The van der Waals surface area contributed by atoms with Crippen LogP contribution in [0.4, 0.5) is 11.4 Å². The number of rotatable bonds is 9. The number of esters is 1. The van der Waals surface area contributed by atoms with Crippen molar-refractivity contribution in [2.75, 3.05) is 29.2 Å². The highest BCUT2D eigenvalue weighted by atomic mass is 32.2. The fourth-order valence-corrected chi connectivity index (χ4v) is 5.51.